The Hall–Kier alpha value is -3.76. The van der Waals surface area contributed by atoms with Crippen LogP contribution in [0.4, 0.5) is 17.3 Å². The Labute approximate surface area is 133 Å². The number of benzene rings is 1. The van der Waals surface area contributed by atoms with Crippen LogP contribution in [0.5, 0.6) is 5.75 Å². The second kappa shape index (κ2) is 6.80. The maximum Gasteiger partial charge on any atom is 0.242 e. The first-order valence-electron chi connectivity index (χ1n) is 6.60. The normalized spacial score (nSPS) is 9.30. The summed E-state index contributed by atoms with van der Waals surface area (Å²) in [5.41, 5.74) is 7.10. The van der Waals surface area contributed by atoms with Crippen molar-refractivity contribution in [2.24, 2.45) is 0 Å². The average molecular weight is 305 g/mol. The van der Waals surface area contributed by atoms with Gasteiger partial charge in [-0.1, -0.05) is 6.07 Å². The van der Waals surface area contributed by atoms with Crippen molar-refractivity contribution in [3.05, 3.63) is 41.0 Å². The predicted octanol–water partition coefficient (Wildman–Crippen LogP) is 1.64. The highest BCUT2D eigenvalue weighted by Gasteiger charge is 2.22. The number of hydrogen-bond acceptors (Lipinski definition) is 6. The molecule has 0 bridgehead atoms. The summed E-state index contributed by atoms with van der Waals surface area (Å²) in [4.78, 5) is 2.80. The van der Waals surface area contributed by atoms with Crippen molar-refractivity contribution in [1.29, 1.82) is 15.8 Å². The molecular weight excluding hydrogens is 292 g/mol. The van der Waals surface area contributed by atoms with E-state index in [9.17, 15) is 10.5 Å². The maximum absolute atomic E-state index is 9.42. The Bertz CT molecular complexity index is 870. The van der Waals surface area contributed by atoms with Gasteiger partial charge in [0.15, 0.2) is 0 Å². The molecule has 0 aliphatic rings. The Balaban J connectivity index is 2.57. The van der Waals surface area contributed by atoms with E-state index in [1.54, 1.807) is 31.4 Å². The number of nitrogens with two attached hydrogens (primary N) is 1. The SMILES string of the molecule is COc1cccc(Nc2[nH+]c(N)c(C#N)c(CC#N)c2C#N)c1. The molecule has 0 saturated heterocycles. The molecule has 2 aromatic rings. The van der Waals surface area contributed by atoms with E-state index < -0.39 is 0 Å². The maximum atomic E-state index is 9.42. The smallest absolute Gasteiger partial charge is 0.242 e. The van der Waals surface area contributed by atoms with E-state index in [1.165, 1.54) is 0 Å². The van der Waals surface area contributed by atoms with Gasteiger partial charge in [0.05, 0.1) is 25.3 Å². The summed E-state index contributed by atoms with van der Waals surface area (Å²) in [5, 5.41) is 30.6. The first-order chi connectivity index (χ1) is 11.1. The number of aromatic nitrogens is 1. The van der Waals surface area contributed by atoms with Crippen molar-refractivity contribution < 1.29 is 9.72 Å². The number of hydrogen-bond donors (Lipinski definition) is 2. The van der Waals surface area contributed by atoms with Crippen LogP contribution in [0, 0.1) is 34.0 Å². The van der Waals surface area contributed by atoms with Crippen LogP contribution in [0.3, 0.4) is 0 Å². The summed E-state index contributed by atoms with van der Waals surface area (Å²) in [5.74, 6) is 1.07. The van der Waals surface area contributed by atoms with Gasteiger partial charge in [-0.3, -0.25) is 5.32 Å². The molecule has 1 aromatic carbocycles. The molecule has 0 spiro atoms. The Morgan fingerprint density at radius 3 is 2.57 bits per heavy atom. The number of aromatic amines is 1. The molecule has 23 heavy (non-hydrogen) atoms. The van der Waals surface area contributed by atoms with Gasteiger partial charge in [-0.25, -0.2) is 4.98 Å². The highest BCUT2D eigenvalue weighted by atomic mass is 16.5. The number of nitrogen functional groups attached to an aromatic ring is 1. The molecule has 7 nitrogen and oxygen atoms in total. The molecule has 0 unspecified atom stereocenters. The van der Waals surface area contributed by atoms with Gasteiger partial charge in [0, 0.05) is 11.6 Å². The van der Waals surface area contributed by atoms with Crippen LogP contribution in [-0.2, 0) is 6.42 Å². The first-order valence-corrected chi connectivity index (χ1v) is 6.60. The molecular formula is C16H13N6O+. The minimum absolute atomic E-state index is 0.0859. The summed E-state index contributed by atoms with van der Waals surface area (Å²) in [6.07, 6.45) is -0.0859. The van der Waals surface area contributed by atoms with Crippen LogP contribution >= 0.6 is 0 Å². The van der Waals surface area contributed by atoms with Crippen molar-refractivity contribution in [3.8, 4) is 24.0 Å². The predicted molar refractivity (Wildman–Crippen MR) is 82.4 cm³/mol. The molecule has 7 heteroatoms. The van der Waals surface area contributed by atoms with Crippen molar-refractivity contribution >= 4 is 17.3 Å². The molecule has 1 heterocycles. The van der Waals surface area contributed by atoms with Gasteiger partial charge >= 0.3 is 0 Å². The lowest BCUT2D eigenvalue weighted by Crippen LogP contribution is -2.21. The Kier molecular flexibility index (Phi) is 4.62. The Morgan fingerprint density at radius 2 is 1.96 bits per heavy atom. The summed E-state index contributed by atoms with van der Waals surface area (Å²) in [6, 6.07) is 13.0. The van der Waals surface area contributed by atoms with Crippen LogP contribution in [0.1, 0.15) is 16.7 Å². The standard InChI is InChI=1S/C16H12N6O/c1-23-11-4-2-3-10(7-11)21-16-14(9-19)12(5-6-17)13(8-18)15(20)22-16/h2-4,7H,5H2,1H3,(H3,20,21,22)/p+1. The average Bonchev–Trinajstić information content (AvgIpc) is 2.55. The van der Waals surface area contributed by atoms with Gasteiger partial charge in [0.25, 0.3) is 0 Å². The van der Waals surface area contributed by atoms with Gasteiger partial charge in [-0.2, -0.15) is 15.8 Å². The fourth-order valence-corrected chi connectivity index (χ4v) is 2.14. The topological polar surface area (TPSA) is 133 Å². The number of methoxy groups -OCH3 is 1. The largest absolute Gasteiger partial charge is 0.497 e. The quantitative estimate of drug-likeness (QED) is 0.882. The number of H-pyrrole nitrogens is 1. The van der Waals surface area contributed by atoms with Gasteiger partial charge in [0.2, 0.25) is 11.6 Å². The van der Waals surface area contributed by atoms with Gasteiger partial charge in [-0.05, 0) is 12.1 Å². The fraction of sp³-hybridized carbons (Fsp3) is 0.125. The molecule has 0 atom stereocenters. The zero-order chi connectivity index (χ0) is 16.8. The van der Waals surface area contributed by atoms with Crippen molar-refractivity contribution in [1.82, 2.24) is 0 Å². The van der Waals surface area contributed by atoms with E-state index in [-0.39, 0.29) is 23.4 Å². The van der Waals surface area contributed by atoms with Crippen molar-refractivity contribution in [2.75, 3.05) is 18.2 Å². The van der Waals surface area contributed by atoms with E-state index in [0.29, 0.717) is 22.8 Å². The van der Waals surface area contributed by atoms with Crippen LogP contribution in [0.15, 0.2) is 24.3 Å². The molecule has 112 valence electrons. The number of pyridine rings is 1. The minimum Gasteiger partial charge on any atom is -0.497 e. The zero-order valence-corrected chi connectivity index (χ0v) is 12.3. The first kappa shape index (κ1) is 15.6. The number of nitriles is 3. The molecule has 0 fully saturated rings. The number of ether oxygens (including phenoxy) is 1. The van der Waals surface area contributed by atoms with Gasteiger partial charge < -0.3 is 10.5 Å². The van der Waals surface area contributed by atoms with Crippen molar-refractivity contribution in [2.45, 2.75) is 6.42 Å². The molecule has 1 aromatic heterocycles. The van der Waals surface area contributed by atoms with E-state index in [2.05, 4.69) is 10.3 Å². The third-order valence-corrected chi connectivity index (χ3v) is 3.20. The lowest BCUT2D eigenvalue weighted by Gasteiger charge is -2.09. The van der Waals surface area contributed by atoms with Crippen LogP contribution in [0.25, 0.3) is 0 Å². The molecule has 0 aliphatic heterocycles. The second-order valence-corrected chi connectivity index (χ2v) is 4.56. The van der Waals surface area contributed by atoms with Crippen molar-refractivity contribution in [3.63, 3.8) is 0 Å². The fourth-order valence-electron chi connectivity index (χ4n) is 2.14. The number of anilines is 3. The zero-order valence-electron chi connectivity index (χ0n) is 12.3. The Morgan fingerprint density at radius 1 is 1.22 bits per heavy atom. The van der Waals surface area contributed by atoms with E-state index in [1.807, 2.05) is 18.2 Å². The number of rotatable bonds is 4. The molecule has 4 N–H and O–H groups in total. The summed E-state index contributed by atoms with van der Waals surface area (Å²) in [6.45, 7) is 0. The minimum atomic E-state index is -0.0859. The number of nitrogens with one attached hydrogen (secondary N) is 2. The molecule has 2 rings (SSSR count). The van der Waals surface area contributed by atoms with E-state index >= 15 is 0 Å². The highest BCUT2D eigenvalue weighted by molar-refractivity contribution is 5.68. The summed E-state index contributed by atoms with van der Waals surface area (Å²) < 4.78 is 5.15. The molecule has 0 aliphatic carbocycles. The highest BCUT2D eigenvalue weighted by Crippen LogP contribution is 2.26. The van der Waals surface area contributed by atoms with Gasteiger partial charge in [0.1, 0.15) is 29.0 Å². The third kappa shape index (κ3) is 3.12. The second-order valence-electron chi connectivity index (χ2n) is 4.56. The van der Waals surface area contributed by atoms with E-state index in [4.69, 9.17) is 15.7 Å². The molecule has 0 radical (unpaired) electrons. The monoisotopic (exact) mass is 305 g/mol. The lowest BCUT2D eigenvalue weighted by molar-refractivity contribution is -0.343. The van der Waals surface area contributed by atoms with Crippen LogP contribution < -0.4 is 20.8 Å². The molecule has 0 amide bonds. The van der Waals surface area contributed by atoms with Gasteiger partial charge in [-0.15, -0.1) is 0 Å². The third-order valence-electron chi connectivity index (χ3n) is 3.20. The lowest BCUT2D eigenvalue weighted by atomic mass is 10.0. The van der Waals surface area contributed by atoms with Crippen LogP contribution in [0.2, 0.25) is 0 Å². The summed E-state index contributed by atoms with van der Waals surface area (Å²) in [7, 11) is 1.55. The molecule has 0 saturated carbocycles. The van der Waals surface area contributed by atoms with Crippen LogP contribution in [-0.4, -0.2) is 7.11 Å². The van der Waals surface area contributed by atoms with E-state index in [0.717, 1.165) is 0 Å². The summed E-state index contributed by atoms with van der Waals surface area (Å²) >= 11 is 0. The number of nitrogens with zero attached hydrogens (tertiary/aromatic N) is 3.